The number of aromatic nitrogens is 4. The molecule has 28 heavy (non-hydrogen) atoms. The van der Waals surface area contributed by atoms with Gasteiger partial charge < -0.3 is 4.42 Å². The van der Waals surface area contributed by atoms with Crippen LogP contribution >= 0.6 is 11.8 Å². The first-order valence-corrected chi connectivity index (χ1v) is 10.2. The topological polar surface area (TPSA) is 73.8 Å². The molecule has 0 N–H and O–H groups in total. The van der Waals surface area contributed by atoms with Crippen LogP contribution in [0, 0.1) is 0 Å². The maximum absolute atomic E-state index is 13.0. The van der Waals surface area contributed by atoms with E-state index in [1.54, 1.807) is 4.57 Å². The van der Waals surface area contributed by atoms with Crippen LogP contribution in [0.25, 0.3) is 22.4 Å². The van der Waals surface area contributed by atoms with E-state index in [-0.39, 0.29) is 11.6 Å². The van der Waals surface area contributed by atoms with Crippen molar-refractivity contribution in [3.63, 3.8) is 0 Å². The first-order chi connectivity index (χ1) is 13.7. The summed E-state index contributed by atoms with van der Waals surface area (Å²) in [5.74, 6) is 1.44. The average Bonchev–Trinajstić information content (AvgIpc) is 3.21. The summed E-state index contributed by atoms with van der Waals surface area (Å²) < 4.78 is 7.54. The molecule has 0 spiro atoms. The number of rotatable bonds is 6. The van der Waals surface area contributed by atoms with Gasteiger partial charge in [-0.05, 0) is 37.6 Å². The van der Waals surface area contributed by atoms with Gasteiger partial charge in [-0.1, -0.05) is 49.0 Å². The van der Waals surface area contributed by atoms with Crippen molar-refractivity contribution < 1.29 is 4.42 Å². The molecule has 2 heterocycles. The lowest BCUT2D eigenvalue weighted by molar-refractivity contribution is 0.467. The minimum absolute atomic E-state index is 0.0158. The van der Waals surface area contributed by atoms with Crippen molar-refractivity contribution in [3.05, 3.63) is 70.8 Å². The van der Waals surface area contributed by atoms with E-state index in [4.69, 9.17) is 9.40 Å². The molecule has 4 rings (SSSR count). The van der Waals surface area contributed by atoms with Gasteiger partial charge in [0.2, 0.25) is 11.8 Å². The highest BCUT2D eigenvalue weighted by Crippen LogP contribution is 2.26. The molecule has 142 valence electrons. The summed E-state index contributed by atoms with van der Waals surface area (Å²) in [5.41, 5.74) is 1.56. The van der Waals surface area contributed by atoms with Gasteiger partial charge in [0.05, 0.1) is 16.7 Å². The molecule has 1 atom stereocenters. The van der Waals surface area contributed by atoms with Crippen molar-refractivity contribution in [2.75, 3.05) is 0 Å². The van der Waals surface area contributed by atoms with Crippen molar-refractivity contribution in [2.45, 2.75) is 37.2 Å². The van der Waals surface area contributed by atoms with E-state index in [9.17, 15) is 4.79 Å². The SMILES string of the molecule is CC[C@H](C)n1c(SCc2nnc(-c3ccccc3)o2)nc2ccccc2c1=O. The van der Waals surface area contributed by atoms with E-state index in [2.05, 4.69) is 17.1 Å². The molecule has 6 nitrogen and oxygen atoms in total. The first kappa shape index (κ1) is 18.4. The fourth-order valence-electron chi connectivity index (χ4n) is 2.93. The second-order valence-electron chi connectivity index (χ2n) is 6.50. The molecular weight excluding hydrogens is 372 g/mol. The van der Waals surface area contributed by atoms with Gasteiger partial charge in [0.25, 0.3) is 5.56 Å². The average molecular weight is 392 g/mol. The molecule has 0 aliphatic carbocycles. The Morgan fingerprint density at radius 2 is 1.82 bits per heavy atom. The first-order valence-electron chi connectivity index (χ1n) is 9.19. The zero-order valence-electron chi connectivity index (χ0n) is 15.7. The van der Waals surface area contributed by atoms with Crippen LogP contribution in [0.15, 0.2) is 69.0 Å². The normalized spacial score (nSPS) is 12.4. The third kappa shape index (κ3) is 3.57. The second kappa shape index (κ2) is 7.98. The Hall–Kier alpha value is -2.93. The highest BCUT2D eigenvalue weighted by atomic mass is 32.2. The van der Waals surface area contributed by atoms with Gasteiger partial charge in [0, 0.05) is 11.6 Å². The molecule has 0 bridgehead atoms. The number of hydrogen-bond donors (Lipinski definition) is 0. The van der Waals surface area contributed by atoms with Crippen molar-refractivity contribution in [3.8, 4) is 11.5 Å². The van der Waals surface area contributed by atoms with Crippen LogP contribution in [0.4, 0.5) is 0 Å². The Bertz CT molecular complexity index is 1150. The molecular formula is C21H20N4O2S. The van der Waals surface area contributed by atoms with Crippen molar-refractivity contribution in [2.24, 2.45) is 0 Å². The highest BCUT2D eigenvalue weighted by Gasteiger charge is 2.17. The van der Waals surface area contributed by atoms with E-state index in [1.807, 2.05) is 61.5 Å². The van der Waals surface area contributed by atoms with E-state index in [0.29, 0.717) is 33.6 Å². The quantitative estimate of drug-likeness (QED) is 0.349. The third-order valence-corrected chi connectivity index (χ3v) is 5.56. The standard InChI is InChI=1S/C21H20N4O2S/c1-3-14(2)25-20(26)16-11-7-8-12-17(16)22-21(25)28-13-18-23-24-19(27-18)15-9-5-4-6-10-15/h4-12,14H,3,13H2,1-2H3/t14-/m0/s1. The summed E-state index contributed by atoms with van der Waals surface area (Å²) in [5, 5.41) is 9.56. The lowest BCUT2D eigenvalue weighted by Gasteiger charge is -2.17. The van der Waals surface area contributed by atoms with Crippen LogP contribution in [0.2, 0.25) is 0 Å². The Labute approximate surface area is 166 Å². The monoisotopic (exact) mass is 392 g/mol. The van der Waals surface area contributed by atoms with E-state index in [0.717, 1.165) is 12.0 Å². The largest absolute Gasteiger partial charge is 0.420 e. The van der Waals surface area contributed by atoms with Crippen molar-refractivity contribution in [1.82, 2.24) is 19.7 Å². The molecule has 0 amide bonds. The van der Waals surface area contributed by atoms with E-state index in [1.165, 1.54) is 11.8 Å². The van der Waals surface area contributed by atoms with Gasteiger partial charge in [0.1, 0.15) is 0 Å². The van der Waals surface area contributed by atoms with Crippen LogP contribution in [0.1, 0.15) is 32.2 Å². The predicted octanol–water partition coefficient (Wildman–Crippen LogP) is 4.71. The molecule has 0 aliphatic heterocycles. The van der Waals surface area contributed by atoms with Crippen molar-refractivity contribution >= 4 is 22.7 Å². The predicted molar refractivity (Wildman–Crippen MR) is 110 cm³/mol. The molecule has 2 aromatic carbocycles. The summed E-state index contributed by atoms with van der Waals surface area (Å²) in [4.78, 5) is 17.7. The van der Waals surface area contributed by atoms with Gasteiger partial charge in [0.15, 0.2) is 5.16 Å². The van der Waals surface area contributed by atoms with E-state index >= 15 is 0 Å². The van der Waals surface area contributed by atoms with Crippen LogP contribution < -0.4 is 5.56 Å². The molecule has 7 heteroatoms. The zero-order valence-corrected chi connectivity index (χ0v) is 16.5. The molecule has 0 saturated heterocycles. The summed E-state index contributed by atoms with van der Waals surface area (Å²) >= 11 is 1.44. The maximum Gasteiger partial charge on any atom is 0.262 e. The number of hydrogen-bond acceptors (Lipinski definition) is 6. The Morgan fingerprint density at radius 1 is 1.07 bits per heavy atom. The van der Waals surface area contributed by atoms with Gasteiger partial charge in [-0.25, -0.2) is 4.98 Å². The minimum atomic E-state index is -0.0158. The minimum Gasteiger partial charge on any atom is -0.420 e. The van der Waals surface area contributed by atoms with Crippen molar-refractivity contribution in [1.29, 1.82) is 0 Å². The molecule has 0 aliphatic rings. The summed E-state index contributed by atoms with van der Waals surface area (Å²) in [6.45, 7) is 4.09. The lowest BCUT2D eigenvalue weighted by Crippen LogP contribution is -2.26. The number of benzene rings is 2. The van der Waals surface area contributed by atoms with Gasteiger partial charge in [-0.2, -0.15) is 0 Å². The second-order valence-corrected chi connectivity index (χ2v) is 7.44. The molecule has 2 aromatic heterocycles. The Balaban J connectivity index is 1.64. The molecule has 0 fully saturated rings. The summed E-state index contributed by atoms with van der Waals surface area (Å²) in [6.07, 6.45) is 0.839. The third-order valence-electron chi connectivity index (χ3n) is 4.62. The number of fused-ring (bicyclic) bond motifs is 1. The van der Waals surface area contributed by atoms with Gasteiger partial charge in [-0.15, -0.1) is 10.2 Å². The maximum atomic E-state index is 13.0. The zero-order chi connectivity index (χ0) is 19.5. The smallest absolute Gasteiger partial charge is 0.262 e. The summed E-state index contributed by atoms with van der Waals surface area (Å²) in [6, 6.07) is 17.1. The van der Waals surface area contributed by atoms with E-state index < -0.39 is 0 Å². The van der Waals surface area contributed by atoms with Crippen LogP contribution in [-0.4, -0.2) is 19.7 Å². The van der Waals surface area contributed by atoms with Crippen LogP contribution in [-0.2, 0) is 5.75 Å². The van der Waals surface area contributed by atoms with Crippen LogP contribution in [0.5, 0.6) is 0 Å². The van der Waals surface area contributed by atoms with Gasteiger partial charge >= 0.3 is 0 Å². The molecule has 0 radical (unpaired) electrons. The number of nitrogens with zero attached hydrogens (tertiary/aromatic N) is 4. The Morgan fingerprint density at radius 3 is 2.61 bits per heavy atom. The number of para-hydroxylation sites is 1. The Kier molecular flexibility index (Phi) is 5.25. The molecule has 0 saturated carbocycles. The fourth-order valence-corrected chi connectivity index (χ4v) is 3.87. The number of thioether (sulfide) groups is 1. The lowest BCUT2D eigenvalue weighted by atomic mass is 10.2. The van der Waals surface area contributed by atoms with Gasteiger partial charge in [-0.3, -0.25) is 9.36 Å². The highest BCUT2D eigenvalue weighted by molar-refractivity contribution is 7.98. The molecule has 4 aromatic rings. The molecule has 0 unspecified atom stereocenters. The summed E-state index contributed by atoms with van der Waals surface area (Å²) in [7, 11) is 0. The van der Waals surface area contributed by atoms with Crippen LogP contribution in [0.3, 0.4) is 0 Å². The fraction of sp³-hybridized carbons (Fsp3) is 0.238.